The predicted octanol–water partition coefficient (Wildman–Crippen LogP) is 3.02. The van der Waals surface area contributed by atoms with E-state index in [4.69, 9.17) is 0 Å². The Morgan fingerprint density at radius 3 is 2.80 bits per heavy atom. The normalized spacial score (nSPS) is 18.4. The molecule has 0 amide bonds. The van der Waals surface area contributed by atoms with Crippen molar-refractivity contribution in [3.8, 4) is 0 Å². The molecule has 0 spiro atoms. The summed E-state index contributed by atoms with van der Waals surface area (Å²) in [5, 5.41) is 15.6. The molecule has 7 heteroatoms. The number of benzene rings is 1. The molecule has 1 saturated heterocycles. The molecule has 3 rings (SSSR count). The van der Waals surface area contributed by atoms with Gasteiger partial charge in [-0.3, -0.25) is 15.0 Å². The highest BCUT2D eigenvalue weighted by atomic mass is 16.6. The van der Waals surface area contributed by atoms with E-state index in [9.17, 15) is 10.1 Å². The third kappa shape index (κ3) is 4.22. The van der Waals surface area contributed by atoms with Gasteiger partial charge in [0.1, 0.15) is 11.6 Å². The van der Waals surface area contributed by atoms with Crippen LogP contribution in [0.3, 0.4) is 0 Å². The molecule has 1 fully saturated rings. The van der Waals surface area contributed by atoms with Crippen molar-refractivity contribution in [3.63, 3.8) is 0 Å². The number of nitro benzene ring substituents is 1. The molecule has 0 bridgehead atoms. The molecule has 2 heterocycles. The molecule has 1 aromatic carbocycles. The van der Waals surface area contributed by atoms with Crippen LogP contribution in [0, 0.1) is 36.8 Å². The molecule has 0 unspecified atom stereocenters. The van der Waals surface area contributed by atoms with Crippen LogP contribution in [0.4, 0.5) is 5.69 Å². The van der Waals surface area contributed by atoms with Gasteiger partial charge in [0, 0.05) is 31.3 Å². The summed E-state index contributed by atoms with van der Waals surface area (Å²) in [7, 11) is 0. The minimum Gasteiger partial charge on any atom is -0.299 e. The first-order chi connectivity index (χ1) is 11.9. The first-order valence-electron chi connectivity index (χ1n) is 8.76. The van der Waals surface area contributed by atoms with Crippen molar-refractivity contribution in [3.05, 3.63) is 51.1 Å². The van der Waals surface area contributed by atoms with Gasteiger partial charge in [-0.05, 0) is 51.6 Å². The molecule has 7 nitrogen and oxygen atoms in total. The summed E-state index contributed by atoms with van der Waals surface area (Å²) in [5.41, 5.74) is 1.92. The van der Waals surface area contributed by atoms with Crippen LogP contribution in [0.5, 0.6) is 0 Å². The quantitative estimate of drug-likeness (QED) is 0.616. The minimum absolute atomic E-state index is 0.208. The zero-order valence-corrected chi connectivity index (χ0v) is 15.1. The van der Waals surface area contributed by atoms with Crippen molar-refractivity contribution in [2.24, 2.45) is 5.92 Å². The minimum atomic E-state index is -0.298. The van der Waals surface area contributed by atoms with Crippen molar-refractivity contribution in [2.75, 3.05) is 13.1 Å². The lowest BCUT2D eigenvalue weighted by Crippen LogP contribution is -2.36. The molecular weight excluding hydrogens is 318 g/mol. The van der Waals surface area contributed by atoms with Crippen LogP contribution in [0.25, 0.3) is 0 Å². The number of nitrogens with zero attached hydrogens (tertiary/aromatic N) is 5. The second-order valence-corrected chi connectivity index (χ2v) is 7.01. The van der Waals surface area contributed by atoms with E-state index in [2.05, 4.69) is 15.0 Å². The molecule has 1 aliphatic heterocycles. The van der Waals surface area contributed by atoms with E-state index < -0.39 is 0 Å². The third-order valence-electron chi connectivity index (χ3n) is 4.87. The topological polar surface area (TPSA) is 77.1 Å². The second-order valence-electron chi connectivity index (χ2n) is 7.01. The Bertz CT molecular complexity index is 771. The maximum atomic E-state index is 11.1. The zero-order chi connectivity index (χ0) is 18.0. The smallest absolute Gasteiger partial charge is 0.272 e. The van der Waals surface area contributed by atoms with Crippen molar-refractivity contribution >= 4 is 5.69 Å². The van der Waals surface area contributed by atoms with Gasteiger partial charge in [0.05, 0.1) is 4.92 Å². The van der Waals surface area contributed by atoms with Gasteiger partial charge in [-0.15, -0.1) is 0 Å². The van der Waals surface area contributed by atoms with E-state index in [1.807, 2.05) is 30.7 Å². The molecular formula is C18H25N5O2. The molecule has 0 saturated carbocycles. The summed E-state index contributed by atoms with van der Waals surface area (Å²) in [5.74, 6) is 2.31. The fraction of sp³-hybridized carbons (Fsp3) is 0.556. The number of hydrogen-bond donors (Lipinski definition) is 0. The van der Waals surface area contributed by atoms with Gasteiger partial charge in [0.15, 0.2) is 0 Å². The summed E-state index contributed by atoms with van der Waals surface area (Å²) < 4.78 is 2.00. The van der Waals surface area contributed by atoms with Crippen LogP contribution >= 0.6 is 0 Å². The lowest BCUT2D eigenvalue weighted by atomic mass is 9.97. The Labute approximate surface area is 147 Å². The van der Waals surface area contributed by atoms with Gasteiger partial charge in [-0.2, -0.15) is 5.10 Å². The Morgan fingerprint density at radius 2 is 2.12 bits per heavy atom. The Morgan fingerprint density at radius 1 is 1.32 bits per heavy atom. The monoisotopic (exact) mass is 343 g/mol. The van der Waals surface area contributed by atoms with E-state index >= 15 is 0 Å². The van der Waals surface area contributed by atoms with Crippen LogP contribution in [0.2, 0.25) is 0 Å². The Balaban J connectivity index is 1.65. The summed E-state index contributed by atoms with van der Waals surface area (Å²) in [6.07, 6.45) is 2.33. The van der Waals surface area contributed by atoms with Gasteiger partial charge in [-0.1, -0.05) is 12.1 Å². The fourth-order valence-corrected chi connectivity index (χ4v) is 3.63. The summed E-state index contributed by atoms with van der Waals surface area (Å²) in [6, 6.07) is 5.55. The lowest BCUT2D eigenvalue weighted by molar-refractivity contribution is -0.385. The third-order valence-corrected chi connectivity index (χ3v) is 4.87. The van der Waals surface area contributed by atoms with Crippen molar-refractivity contribution in [1.82, 2.24) is 19.7 Å². The average molecular weight is 343 g/mol. The number of aromatic nitrogens is 3. The van der Waals surface area contributed by atoms with Crippen molar-refractivity contribution in [1.29, 1.82) is 0 Å². The highest BCUT2D eigenvalue weighted by molar-refractivity contribution is 5.42. The molecule has 1 aliphatic rings. The van der Waals surface area contributed by atoms with Crippen LogP contribution in [0.15, 0.2) is 18.2 Å². The van der Waals surface area contributed by atoms with E-state index in [0.717, 1.165) is 49.8 Å². The molecule has 0 N–H and O–H groups in total. The van der Waals surface area contributed by atoms with Gasteiger partial charge >= 0.3 is 0 Å². The standard InChI is InChI=1S/C18H25N5O2/c1-13-6-7-16(9-18(13)23(24)25)10-21-8-4-5-17(11-21)12-22-15(3)19-14(2)20-22/h6-7,9,17H,4-5,8,10-12H2,1-3H3/t17-/m0/s1. The highest BCUT2D eigenvalue weighted by Crippen LogP contribution is 2.23. The Kier molecular flexibility index (Phi) is 5.13. The molecule has 0 radical (unpaired) electrons. The van der Waals surface area contributed by atoms with E-state index in [1.54, 1.807) is 13.0 Å². The average Bonchev–Trinajstić information content (AvgIpc) is 2.87. The SMILES string of the molecule is Cc1nc(C)n(C[C@H]2CCCN(Cc3ccc(C)c([N+](=O)[O-])c3)C2)n1. The van der Waals surface area contributed by atoms with Crippen LogP contribution in [0.1, 0.15) is 35.6 Å². The van der Waals surface area contributed by atoms with Crippen molar-refractivity contribution in [2.45, 2.75) is 46.7 Å². The largest absolute Gasteiger partial charge is 0.299 e. The zero-order valence-electron chi connectivity index (χ0n) is 15.1. The first kappa shape index (κ1) is 17.5. The molecule has 1 atom stereocenters. The summed E-state index contributed by atoms with van der Waals surface area (Å²) in [6.45, 7) is 9.35. The van der Waals surface area contributed by atoms with Gasteiger partial charge in [0.2, 0.25) is 0 Å². The molecule has 25 heavy (non-hydrogen) atoms. The number of rotatable bonds is 5. The second kappa shape index (κ2) is 7.31. The maximum absolute atomic E-state index is 11.1. The van der Waals surface area contributed by atoms with Gasteiger partial charge in [-0.25, -0.2) is 9.67 Å². The van der Waals surface area contributed by atoms with Crippen LogP contribution in [-0.2, 0) is 13.1 Å². The molecule has 0 aliphatic carbocycles. The number of likely N-dealkylation sites (tertiary alicyclic amines) is 1. The van der Waals surface area contributed by atoms with Crippen LogP contribution < -0.4 is 0 Å². The van der Waals surface area contributed by atoms with E-state index in [1.165, 1.54) is 6.42 Å². The molecule has 2 aromatic rings. The number of piperidine rings is 1. The number of hydrogen-bond acceptors (Lipinski definition) is 5. The fourth-order valence-electron chi connectivity index (χ4n) is 3.63. The first-order valence-corrected chi connectivity index (χ1v) is 8.76. The number of aryl methyl sites for hydroxylation is 3. The maximum Gasteiger partial charge on any atom is 0.272 e. The van der Waals surface area contributed by atoms with Crippen molar-refractivity contribution < 1.29 is 4.92 Å². The van der Waals surface area contributed by atoms with E-state index in [0.29, 0.717) is 11.5 Å². The molecule has 1 aromatic heterocycles. The van der Waals surface area contributed by atoms with Gasteiger partial charge in [0.25, 0.3) is 5.69 Å². The highest BCUT2D eigenvalue weighted by Gasteiger charge is 2.22. The lowest BCUT2D eigenvalue weighted by Gasteiger charge is -2.32. The van der Waals surface area contributed by atoms with Crippen LogP contribution in [-0.4, -0.2) is 37.7 Å². The summed E-state index contributed by atoms with van der Waals surface area (Å²) in [4.78, 5) is 17.6. The predicted molar refractivity (Wildman–Crippen MR) is 95.3 cm³/mol. The number of nitro groups is 1. The molecule has 134 valence electrons. The Hall–Kier alpha value is -2.28. The van der Waals surface area contributed by atoms with E-state index in [-0.39, 0.29) is 10.6 Å². The van der Waals surface area contributed by atoms with Gasteiger partial charge < -0.3 is 0 Å². The summed E-state index contributed by atoms with van der Waals surface area (Å²) >= 11 is 0.